The molecular weight excluding hydrogens is 172 g/mol. The molecule has 0 saturated carbocycles. The van der Waals surface area contributed by atoms with E-state index in [1.807, 2.05) is 6.07 Å². The monoisotopic (exact) mass is 182 g/mol. The summed E-state index contributed by atoms with van der Waals surface area (Å²) in [5.74, 6) is 0. The highest BCUT2D eigenvalue weighted by Gasteiger charge is 2.18. The molecule has 0 radical (unpaired) electrons. The Balaban J connectivity index is 2.53. The molecule has 1 aromatic rings. The van der Waals surface area contributed by atoms with Crippen LogP contribution < -0.4 is 5.32 Å². The maximum atomic E-state index is 6.06. The molecule has 1 aliphatic rings. The minimum atomic E-state index is 0.343. The number of fused-ring (bicyclic) bond motifs is 1. The molecule has 0 aliphatic carbocycles. The first kappa shape index (κ1) is 8.02. The third kappa shape index (κ3) is 1.21. The molecule has 3 heteroatoms. The summed E-state index contributed by atoms with van der Waals surface area (Å²) in [4.78, 5) is 4.31. The lowest BCUT2D eigenvalue weighted by Gasteiger charge is -2.23. The van der Waals surface area contributed by atoms with Gasteiger partial charge in [-0.25, -0.2) is 0 Å². The molecule has 2 nitrogen and oxygen atoms in total. The summed E-state index contributed by atoms with van der Waals surface area (Å²) in [5, 5.41) is 4.19. The van der Waals surface area contributed by atoms with Crippen LogP contribution in [0.15, 0.2) is 12.3 Å². The third-order valence-electron chi connectivity index (χ3n) is 2.26. The van der Waals surface area contributed by atoms with Gasteiger partial charge in [0.05, 0.1) is 0 Å². The first-order valence-corrected chi connectivity index (χ1v) is 4.53. The largest absolute Gasteiger partial charge is 0.310 e. The van der Waals surface area contributed by atoms with E-state index in [2.05, 4.69) is 17.2 Å². The van der Waals surface area contributed by atoms with Crippen LogP contribution in [0, 0.1) is 0 Å². The number of pyridine rings is 1. The normalized spacial score (nSPS) is 22.0. The van der Waals surface area contributed by atoms with Gasteiger partial charge in [-0.2, -0.15) is 0 Å². The van der Waals surface area contributed by atoms with Crippen LogP contribution in [0.1, 0.15) is 24.2 Å². The number of nitrogens with one attached hydrogen (secondary N) is 1. The quantitative estimate of drug-likeness (QED) is 0.664. The molecule has 1 atom stereocenters. The van der Waals surface area contributed by atoms with Crippen LogP contribution in [-0.4, -0.2) is 11.5 Å². The number of nitrogens with zero attached hydrogens (tertiary/aromatic N) is 1. The van der Waals surface area contributed by atoms with Crippen molar-refractivity contribution in [3.05, 3.63) is 28.5 Å². The van der Waals surface area contributed by atoms with Crippen molar-refractivity contribution in [2.45, 2.75) is 19.4 Å². The molecule has 0 fully saturated rings. The average molecular weight is 183 g/mol. The Bertz CT molecular complexity index is 299. The van der Waals surface area contributed by atoms with Gasteiger partial charge in [-0.05, 0) is 13.0 Å². The third-order valence-corrected chi connectivity index (χ3v) is 2.59. The lowest BCUT2D eigenvalue weighted by Crippen LogP contribution is -2.28. The molecule has 2 rings (SSSR count). The number of halogens is 1. The molecule has 1 unspecified atom stereocenters. The van der Waals surface area contributed by atoms with E-state index in [0.29, 0.717) is 6.04 Å². The summed E-state index contributed by atoms with van der Waals surface area (Å²) in [5.41, 5.74) is 2.32. The summed E-state index contributed by atoms with van der Waals surface area (Å²) in [7, 11) is 0. The average Bonchev–Trinajstić information content (AvgIpc) is 2.04. The number of hydrogen-bond donors (Lipinski definition) is 1. The highest BCUT2D eigenvalue weighted by molar-refractivity contribution is 6.31. The van der Waals surface area contributed by atoms with Gasteiger partial charge >= 0.3 is 0 Å². The molecule has 0 bridgehead atoms. The Labute approximate surface area is 77.0 Å². The summed E-state index contributed by atoms with van der Waals surface area (Å²) >= 11 is 6.06. The van der Waals surface area contributed by atoms with E-state index in [0.717, 1.165) is 23.7 Å². The van der Waals surface area contributed by atoms with Crippen LogP contribution in [0.5, 0.6) is 0 Å². The second-order valence-corrected chi connectivity index (χ2v) is 3.49. The number of rotatable bonds is 0. The van der Waals surface area contributed by atoms with Gasteiger partial charge in [0.1, 0.15) is 0 Å². The van der Waals surface area contributed by atoms with E-state index in [4.69, 9.17) is 11.6 Å². The maximum absolute atomic E-state index is 6.06. The molecule has 0 saturated heterocycles. The smallest absolute Gasteiger partial charge is 0.0487 e. The molecule has 1 aromatic heterocycles. The molecule has 1 N–H and O–H groups in total. The van der Waals surface area contributed by atoms with Crippen LogP contribution in [0.25, 0.3) is 0 Å². The van der Waals surface area contributed by atoms with Crippen LogP contribution in [-0.2, 0) is 6.42 Å². The molecule has 0 spiro atoms. The first-order valence-electron chi connectivity index (χ1n) is 4.15. The highest BCUT2D eigenvalue weighted by atomic mass is 35.5. The van der Waals surface area contributed by atoms with Crippen LogP contribution in [0.2, 0.25) is 5.02 Å². The Hall–Kier alpha value is -0.600. The predicted molar refractivity (Wildman–Crippen MR) is 49.4 cm³/mol. The van der Waals surface area contributed by atoms with E-state index < -0.39 is 0 Å². The molecule has 12 heavy (non-hydrogen) atoms. The molecule has 0 aromatic carbocycles. The molecular formula is C9H11ClN2. The van der Waals surface area contributed by atoms with E-state index >= 15 is 0 Å². The number of hydrogen-bond acceptors (Lipinski definition) is 2. The Morgan fingerprint density at radius 1 is 1.67 bits per heavy atom. The Morgan fingerprint density at radius 3 is 3.25 bits per heavy atom. The Kier molecular flexibility index (Phi) is 2.03. The van der Waals surface area contributed by atoms with Crippen LogP contribution >= 0.6 is 11.6 Å². The van der Waals surface area contributed by atoms with Crippen molar-refractivity contribution in [3.63, 3.8) is 0 Å². The fourth-order valence-electron chi connectivity index (χ4n) is 1.65. The lowest BCUT2D eigenvalue weighted by atomic mass is 10.0. The summed E-state index contributed by atoms with van der Waals surface area (Å²) < 4.78 is 0. The van der Waals surface area contributed by atoms with E-state index in [1.54, 1.807) is 6.20 Å². The standard InChI is InChI=1S/C9H11ClN2/c1-6-9-7(10)2-4-12-8(9)3-5-11-6/h2,4,6,11H,3,5H2,1H3. The first-order chi connectivity index (χ1) is 5.79. The van der Waals surface area contributed by atoms with Gasteiger partial charge in [0.2, 0.25) is 0 Å². The lowest BCUT2D eigenvalue weighted by molar-refractivity contribution is 0.532. The topological polar surface area (TPSA) is 24.9 Å². The van der Waals surface area contributed by atoms with Crippen LogP contribution in [0.4, 0.5) is 0 Å². The van der Waals surface area contributed by atoms with E-state index in [-0.39, 0.29) is 0 Å². The molecule has 0 amide bonds. The van der Waals surface area contributed by atoms with Gasteiger partial charge in [-0.1, -0.05) is 11.6 Å². The highest BCUT2D eigenvalue weighted by Crippen LogP contribution is 2.27. The van der Waals surface area contributed by atoms with E-state index in [9.17, 15) is 0 Å². The van der Waals surface area contributed by atoms with Gasteiger partial charge < -0.3 is 5.32 Å². The van der Waals surface area contributed by atoms with Gasteiger partial charge in [0.25, 0.3) is 0 Å². The van der Waals surface area contributed by atoms with Gasteiger partial charge in [0.15, 0.2) is 0 Å². The zero-order chi connectivity index (χ0) is 8.55. The second kappa shape index (κ2) is 3.04. The minimum Gasteiger partial charge on any atom is -0.310 e. The zero-order valence-electron chi connectivity index (χ0n) is 6.97. The number of aromatic nitrogens is 1. The van der Waals surface area contributed by atoms with Gasteiger partial charge in [-0.3, -0.25) is 4.98 Å². The van der Waals surface area contributed by atoms with Crippen molar-refractivity contribution >= 4 is 11.6 Å². The zero-order valence-corrected chi connectivity index (χ0v) is 7.73. The van der Waals surface area contributed by atoms with Crippen molar-refractivity contribution in [2.75, 3.05) is 6.54 Å². The summed E-state index contributed by atoms with van der Waals surface area (Å²) in [6.07, 6.45) is 2.76. The van der Waals surface area contributed by atoms with Gasteiger partial charge in [0, 0.05) is 41.5 Å². The maximum Gasteiger partial charge on any atom is 0.0487 e. The van der Waals surface area contributed by atoms with Crippen molar-refractivity contribution in [3.8, 4) is 0 Å². The Morgan fingerprint density at radius 2 is 2.50 bits per heavy atom. The SMILES string of the molecule is CC1NCCc2nccc(Cl)c21. The van der Waals surface area contributed by atoms with Crippen molar-refractivity contribution < 1.29 is 0 Å². The second-order valence-electron chi connectivity index (χ2n) is 3.08. The van der Waals surface area contributed by atoms with Crippen molar-refractivity contribution in [2.24, 2.45) is 0 Å². The minimum absolute atomic E-state index is 0.343. The molecule has 2 heterocycles. The van der Waals surface area contributed by atoms with E-state index in [1.165, 1.54) is 5.56 Å². The molecule has 64 valence electrons. The summed E-state index contributed by atoms with van der Waals surface area (Å²) in [6.45, 7) is 3.12. The van der Waals surface area contributed by atoms with Crippen LogP contribution in [0.3, 0.4) is 0 Å². The molecule has 1 aliphatic heterocycles. The predicted octanol–water partition coefficient (Wildman–Crippen LogP) is 1.94. The fourth-order valence-corrected chi connectivity index (χ4v) is 1.98. The van der Waals surface area contributed by atoms with Gasteiger partial charge in [-0.15, -0.1) is 0 Å². The fraction of sp³-hybridized carbons (Fsp3) is 0.444. The van der Waals surface area contributed by atoms with Crippen molar-refractivity contribution in [1.29, 1.82) is 0 Å². The summed E-state index contributed by atoms with van der Waals surface area (Å²) in [6, 6.07) is 2.19. The van der Waals surface area contributed by atoms with Crippen molar-refractivity contribution in [1.82, 2.24) is 10.3 Å².